The number of nitrogens with zero attached hydrogens (tertiary/aromatic N) is 1. The average molecular weight is 342 g/mol. The first-order valence-corrected chi connectivity index (χ1v) is 7.89. The number of hydrogen-bond donors (Lipinski definition) is 1. The number of fused-ring (bicyclic) bond motifs is 1. The monoisotopic (exact) mass is 342 g/mol. The number of nitrogens with one attached hydrogen (secondary N) is 1. The van der Waals surface area contributed by atoms with Crippen LogP contribution < -0.4 is 14.8 Å². The van der Waals surface area contributed by atoms with Gasteiger partial charge in [0.25, 0.3) is 0 Å². The fourth-order valence-corrected chi connectivity index (χ4v) is 2.52. The van der Waals surface area contributed by atoms with Crippen LogP contribution in [0.5, 0.6) is 11.5 Å². The number of aryl methyl sites for hydroxylation is 1. The lowest BCUT2D eigenvalue weighted by Gasteiger charge is -2.17. The fraction of sp³-hybridized carbons (Fsp3) is 0.278. The van der Waals surface area contributed by atoms with Gasteiger partial charge in [-0.1, -0.05) is 0 Å². The van der Waals surface area contributed by atoms with Gasteiger partial charge in [-0.05, 0) is 42.3 Å². The first-order valence-electron chi connectivity index (χ1n) is 7.89. The van der Waals surface area contributed by atoms with E-state index in [0.717, 1.165) is 11.3 Å². The van der Waals surface area contributed by atoms with Crippen LogP contribution in [0.15, 0.2) is 36.5 Å². The second-order valence-corrected chi connectivity index (χ2v) is 5.41. The van der Waals surface area contributed by atoms with Crippen molar-refractivity contribution in [2.75, 3.05) is 25.6 Å². The van der Waals surface area contributed by atoms with Crippen molar-refractivity contribution in [1.29, 1.82) is 0 Å². The maximum atomic E-state index is 12.0. The number of benzene rings is 1. The zero-order chi connectivity index (χ0) is 17.6. The van der Waals surface area contributed by atoms with Crippen molar-refractivity contribution in [1.82, 2.24) is 4.98 Å². The van der Waals surface area contributed by atoms with Gasteiger partial charge < -0.3 is 19.5 Å². The molecule has 0 saturated heterocycles. The molecule has 2 heterocycles. The van der Waals surface area contributed by atoms with Crippen LogP contribution in [0.3, 0.4) is 0 Å². The number of pyridine rings is 1. The topological polar surface area (TPSA) is 86.8 Å². The Bertz CT molecular complexity index is 791. The standard InChI is InChI=1S/C18H18N2O5/c1-23-15-3-2-8-19-17(15)18(22)25-10-9-24-13-5-6-14-12(11-13)4-7-16(21)20-14/h2-3,5-6,8,11H,4,7,9-10H2,1H3,(H,20,21). The molecule has 7 nitrogen and oxygen atoms in total. The van der Waals surface area contributed by atoms with Gasteiger partial charge >= 0.3 is 5.97 Å². The summed E-state index contributed by atoms with van der Waals surface area (Å²) in [6, 6.07) is 8.79. The first-order chi connectivity index (χ1) is 12.2. The van der Waals surface area contributed by atoms with Crippen molar-refractivity contribution >= 4 is 17.6 Å². The number of esters is 1. The highest BCUT2D eigenvalue weighted by molar-refractivity contribution is 5.94. The Labute approximate surface area is 144 Å². The predicted octanol–water partition coefficient (Wildman–Crippen LogP) is 2.21. The highest BCUT2D eigenvalue weighted by atomic mass is 16.6. The third-order valence-corrected chi connectivity index (χ3v) is 3.74. The lowest BCUT2D eigenvalue weighted by atomic mass is 10.0. The van der Waals surface area contributed by atoms with Crippen LogP contribution in [-0.2, 0) is 16.0 Å². The van der Waals surface area contributed by atoms with Crippen LogP contribution in [0.1, 0.15) is 22.5 Å². The Balaban J connectivity index is 1.50. The predicted molar refractivity (Wildman–Crippen MR) is 90.0 cm³/mol. The minimum atomic E-state index is -0.561. The van der Waals surface area contributed by atoms with Gasteiger partial charge in [-0.2, -0.15) is 0 Å². The molecule has 0 atom stereocenters. The Hall–Kier alpha value is -3.09. The van der Waals surface area contributed by atoms with E-state index in [1.54, 1.807) is 18.2 Å². The number of amides is 1. The normalized spacial score (nSPS) is 12.8. The Morgan fingerprint density at radius 2 is 2.12 bits per heavy atom. The van der Waals surface area contributed by atoms with Gasteiger partial charge in [0.05, 0.1) is 7.11 Å². The summed E-state index contributed by atoms with van der Waals surface area (Å²) >= 11 is 0. The number of rotatable bonds is 6. The third kappa shape index (κ3) is 4.06. The molecule has 7 heteroatoms. The van der Waals surface area contributed by atoms with Crippen LogP contribution in [-0.4, -0.2) is 37.2 Å². The van der Waals surface area contributed by atoms with Crippen LogP contribution in [0.4, 0.5) is 5.69 Å². The van der Waals surface area contributed by atoms with E-state index in [2.05, 4.69) is 10.3 Å². The van der Waals surface area contributed by atoms with Gasteiger partial charge in [0, 0.05) is 18.3 Å². The molecule has 1 amide bonds. The molecular weight excluding hydrogens is 324 g/mol. The molecule has 1 aromatic carbocycles. The van der Waals surface area contributed by atoms with Crippen LogP contribution in [0, 0.1) is 0 Å². The highest BCUT2D eigenvalue weighted by Gasteiger charge is 2.16. The Morgan fingerprint density at radius 3 is 2.96 bits per heavy atom. The summed E-state index contributed by atoms with van der Waals surface area (Å²) in [5.74, 6) is 0.499. The zero-order valence-corrected chi connectivity index (χ0v) is 13.8. The van der Waals surface area contributed by atoms with Crippen LogP contribution >= 0.6 is 0 Å². The Kier molecular flexibility index (Phi) is 5.13. The molecule has 1 aromatic heterocycles. The highest BCUT2D eigenvalue weighted by Crippen LogP contribution is 2.26. The number of ether oxygens (including phenoxy) is 3. The summed E-state index contributed by atoms with van der Waals surface area (Å²) in [5.41, 5.74) is 1.99. The lowest BCUT2D eigenvalue weighted by molar-refractivity contribution is -0.116. The van der Waals surface area contributed by atoms with Crippen molar-refractivity contribution in [3.8, 4) is 11.5 Å². The summed E-state index contributed by atoms with van der Waals surface area (Å²) in [7, 11) is 1.47. The number of hydrogen-bond acceptors (Lipinski definition) is 6. The first kappa shape index (κ1) is 16.8. The molecule has 0 radical (unpaired) electrons. The number of carbonyl (C=O) groups excluding carboxylic acids is 2. The second kappa shape index (κ2) is 7.65. The quantitative estimate of drug-likeness (QED) is 0.640. The molecular formula is C18H18N2O5. The molecule has 0 aliphatic carbocycles. The van der Waals surface area contributed by atoms with Crippen molar-refractivity contribution < 1.29 is 23.8 Å². The summed E-state index contributed by atoms with van der Waals surface area (Å²) in [5, 5.41) is 2.82. The SMILES string of the molecule is COc1cccnc1C(=O)OCCOc1ccc2c(c1)CCC(=O)N2. The number of methoxy groups -OCH3 is 1. The molecule has 2 aromatic rings. The van der Waals surface area contributed by atoms with Crippen molar-refractivity contribution in [2.24, 2.45) is 0 Å². The van der Waals surface area contributed by atoms with Gasteiger partial charge in [-0.15, -0.1) is 0 Å². The minimum Gasteiger partial charge on any atom is -0.494 e. The largest absolute Gasteiger partial charge is 0.494 e. The Morgan fingerprint density at radius 1 is 1.24 bits per heavy atom. The minimum absolute atomic E-state index is 0.0260. The van der Waals surface area contributed by atoms with Gasteiger partial charge in [0.2, 0.25) is 5.91 Å². The molecule has 0 bridgehead atoms. The molecule has 130 valence electrons. The van der Waals surface area contributed by atoms with Gasteiger partial charge in [0.1, 0.15) is 19.0 Å². The summed E-state index contributed by atoms with van der Waals surface area (Å²) < 4.78 is 15.8. The number of anilines is 1. The number of aromatic nitrogens is 1. The summed E-state index contributed by atoms with van der Waals surface area (Å²) in [6.45, 7) is 0.304. The van der Waals surface area contributed by atoms with E-state index in [0.29, 0.717) is 24.3 Å². The lowest BCUT2D eigenvalue weighted by Crippen LogP contribution is -2.19. The van der Waals surface area contributed by atoms with E-state index in [4.69, 9.17) is 14.2 Å². The number of carbonyl (C=O) groups is 2. The molecule has 25 heavy (non-hydrogen) atoms. The molecule has 0 unspecified atom stereocenters. The molecule has 0 fully saturated rings. The maximum Gasteiger partial charge on any atom is 0.360 e. The van der Waals surface area contributed by atoms with Gasteiger partial charge in [0.15, 0.2) is 11.4 Å². The van der Waals surface area contributed by atoms with E-state index in [1.165, 1.54) is 13.3 Å². The smallest absolute Gasteiger partial charge is 0.360 e. The fourth-order valence-electron chi connectivity index (χ4n) is 2.52. The third-order valence-electron chi connectivity index (χ3n) is 3.74. The van der Waals surface area contributed by atoms with E-state index in [1.807, 2.05) is 12.1 Å². The van der Waals surface area contributed by atoms with Crippen molar-refractivity contribution in [3.05, 3.63) is 47.8 Å². The average Bonchev–Trinajstić information content (AvgIpc) is 2.65. The van der Waals surface area contributed by atoms with Crippen molar-refractivity contribution in [3.63, 3.8) is 0 Å². The molecule has 3 rings (SSSR count). The molecule has 1 aliphatic heterocycles. The van der Waals surface area contributed by atoms with E-state index in [-0.39, 0.29) is 24.8 Å². The second-order valence-electron chi connectivity index (χ2n) is 5.41. The zero-order valence-electron chi connectivity index (χ0n) is 13.8. The maximum absolute atomic E-state index is 12.0. The van der Waals surface area contributed by atoms with Crippen LogP contribution in [0.2, 0.25) is 0 Å². The van der Waals surface area contributed by atoms with E-state index >= 15 is 0 Å². The van der Waals surface area contributed by atoms with E-state index in [9.17, 15) is 9.59 Å². The van der Waals surface area contributed by atoms with Gasteiger partial charge in [-0.3, -0.25) is 4.79 Å². The summed E-state index contributed by atoms with van der Waals surface area (Å²) in [6.07, 6.45) is 2.66. The van der Waals surface area contributed by atoms with Gasteiger partial charge in [-0.25, -0.2) is 9.78 Å². The molecule has 0 saturated carbocycles. The summed E-state index contributed by atoms with van der Waals surface area (Å²) in [4.78, 5) is 27.3. The molecule has 1 N–H and O–H groups in total. The van der Waals surface area contributed by atoms with Crippen LogP contribution in [0.25, 0.3) is 0 Å². The molecule has 1 aliphatic rings. The van der Waals surface area contributed by atoms with Crippen molar-refractivity contribution in [2.45, 2.75) is 12.8 Å². The van der Waals surface area contributed by atoms with E-state index < -0.39 is 5.97 Å². The molecule has 0 spiro atoms.